The minimum Gasteiger partial charge on any atom is -0.494 e. The number of hydrogen-bond donors (Lipinski definition) is 1. The van der Waals surface area contributed by atoms with Crippen LogP contribution in [0.15, 0.2) is 24.3 Å². The fraction of sp³-hybridized carbons (Fsp3) is 0.357. The molecule has 1 aromatic heterocycles. The number of aryl methyl sites for hydroxylation is 1. The summed E-state index contributed by atoms with van der Waals surface area (Å²) in [7, 11) is 1.48. The van der Waals surface area contributed by atoms with E-state index in [0.29, 0.717) is 11.4 Å². The Morgan fingerprint density at radius 3 is 3.11 bits per heavy atom. The topological polar surface area (TPSA) is 53.1 Å². The molecule has 0 saturated carbocycles. The number of halogens is 1. The van der Waals surface area contributed by atoms with Crippen LogP contribution in [-0.4, -0.2) is 16.9 Å². The number of methoxy groups -OCH3 is 1. The lowest BCUT2D eigenvalue weighted by molar-refractivity contribution is 0.378. The molecule has 0 fully saturated rings. The molecule has 1 aromatic carbocycles. The van der Waals surface area contributed by atoms with Gasteiger partial charge in [-0.3, -0.25) is 4.68 Å². The first-order chi connectivity index (χ1) is 9.20. The number of nitrogens with zero attached hydrogens (tertiary/aromatic N) is 2. The van der Waals surface area contributed by atoms with Crippen molar-refractivity contribution in [2.24, 2.45) is 0 Å². The second kappa shape index (κ2) is 4.57. The molecule has 1 aliphatic rings. The van der Waals surface area contributed by atoms with Gasteiger partial charge in [-0.1, -0.05) is 12.1 Å². The van der Waals surface area contributed by atoms with E-state index in [4.69, 9.17) is 10.5 Å². The van der Waals surface area contributed by atoms with Gasteiger partial charge in [-0.2, -0.15) is 5.10 Å². The summed E-state index contributed by atoms with van der Waals surface area (Å²) in [6.45, 7) is 0.842. The first kappa shape index (κ1) is 12.0. The Morgan fingerprint density at radius 1 is 1.47 bits per heavy atom. The van der Waals surface area contributed by atoms with Crippen LogP contribution in [-0.2, 0) is 6.54 Å². The second-order valence-corrected chi connectivity index (χ2v) is 4.78. The van der Waals surface area contributed by atoms with Gasteiger partial charge < -0.3 is 10.5 Å². The molecule has 100 valence electrons. The van der Waals surface area contributed by atoms with Gasteiger partial charge in [0.1, 0.15) is 5.82 Å². The number of nitrogen functional groups attached to an aromatic ring is 1. The van der Waals surface area contributed by atoms with Crippen molar-refractivity contribution in [2.45, 2.75) is 25.3 Å². The highest BCUT2D eigenvalue weighted by molar-refractivity contribution is 5.41. The van der Waals surface area contributed by atoms with Crippen molar-refractivity contribution in [3.63, 3.8) is 0 Å². The number of fused-ring (bicyclic) bond motifs is 1. The van der Waals surface area contributed by atoms with Crippen LogP contribution in [0.3, 0.4) is 0 Å². The molecule has 19 heavy (non-hydrogen) atoms. The maximum Gasteiger partial charge on any atom is 0.168 e. The molecular formula is C14H16FN3O. The Bertz CT molecular complexity index is 609. The average Bonchev–Trinajstić information content (AvgIpc) is 2.79. The van der Waals surface area contributed by atoms with E-state index in [1.807, 2.05) is 16.8 Å². The van der Waals surface area contributed by atoms with Crippen LogP contribution in [0.4, 0.5) is 10.2 Å². The van der Waals surface area contributed by atoms with Crippen molar-refractivity contribution < 1.29 is 9.13 Å². The Balaban J connectivity index is 2.08. The molecule has 0 saturated heterocycles. The van der Waals surface area contributed by atoms with Gasteiger partial charge in [0.2, 0.25) is 0 Å². The van der Waals surface area contributed by atoms with Crippen molar-refractivity contribution in [2.75, 3.05) is 12.8 Å². The van der Waals surface area contributed by atoms with Crippen LogP contribution in [0, 0.1) is 5.82 Å². The molecule has 2 aromatic rings. The largest absolute Gasteiger partial charge is 0.494 e. The molecule has 1 unspecified atom stereocenters. The minimum absolute atomic E-state index is 0.00588. The summed E-state index contributed by atoms with van der Waals surface area (Å²) in [6.07, 6.45) is 1.87. The summed E-state index contributed by atoms with van der Waals surface area (Å²) < 4.78 is 21.3. The summed E-state index contributed by atoms with van der Waals surface area (Å²) in [4.78, 5) is 0. The Kier molecular flexibility index (Phi) is 2.89. The van der Waals surface area contributed by atoms with E-state index in [0.717, 1.165) is 25.1 Å². The summed E-state index contributed by atoms with van der Waals surface area (Å²) in [5, 5.41) is 4.24. The third kappa shape index (κ3) is 1.95. The summed E-state index contributed by atoms with van der Waals surface area (Å²) in [5.41, 5.74) is 7.38. The Morgan fingerprint density at radius 2 is 2.32 bits per heavy atom. The zero-order valence-electron chi connectivity index (χ0n) is 10.8. The normalized spacial score (nSPS) is 18.1. The van der Waals surface area contributed by atoms with Crippen LogP contribution >= 0.6 is 0 Å². The number of benzene rings is 1. The van der Waals surface area contributed by atoms with E-state index in [9.17, 15) is 4.39 Å². The van der Waals surface area contributed by atoms with Gasteiger partial charge in [0.15, 0.2) is 11.6 Å². The number of rotatable bonds is 2. The van der Waals surface area contributed by atoms with Crippen molar-refractivity contribution >= 4 is 5.82 Å². The maximum atomic E-state index is 14.4. The van der Waals surface area contributed by atoms with Crippen LogP contribution in [0.25, 0.3) is 0 Å². The molecule has 4 nitrogen and oxygen atoms in total. The Labute approximate surface area is 111 Å². The van der Waals surface area contributed by atoms with Gasteiger partial charge in [0.05, 0.1) is 7.11 Å². The summed E-state index contributed by atoms with van der Waals surface area (Å²) in [6, 6.07) is 7.09. The van der Waals surface area contributed by atoms with Gasteiger partial charge in [-0.05, 0) is 18.9 Å². The van der Waals surface area contributed by atoms with Gasteiger partial charge in [-0.15, -0.1) is 0 Å². The molecule has 2 heterocycles. The van der Waals surface area contributed by atoms with Crippen LogP contribution in [0.1, 0.15) is 30.0 Å². The number of anilines is 1. The molecule has 5 heteroatoms. The quantitative estimate of drug-likeness (QED) is 0.903. The van der Waals surface area contributed by atoms with E-state index >= 15 is 0 Å². The number of nitrogens with two attached hydrogens (primary N) is 1. The fourth-order valence-corrected chi connectivity index (χ4v) is 2.77. The zero-order valence-corrected chi connectivity index (χ0v) is 10.8. The average molecular weight is 261 g/mol. The van der Waals surface area contributed by atoms with E-state index in [1.165, 1.54) is 7.11 Å². The van der Waals surface area contributed by atoms with Crippen molar-refractivity contribution in [1.82, 2.24) is 9.78 Å². The lowest BCUT2D eigenvalue weighted by atomic mass is 9.88. The molecule has 3 rings (SSSR count). The lowest BCUT2D eigenvalue weighted by Crippen LogP contribution is -2.18. The van der Waals surface area contributed by atoms with E-state index in [-0.39, 0.29) is 17.5 Å². The van der Waals surface area contributed by atoms with Crippen molar-refractivity contribution in [1.29, 1.82) is 0 Å². The molecule has 0 radical (unpaired) electrons. The number of ether oxygens (including phenoxy) is 1. The molecular weight excluding hydrogens is 245 g/mol. The van der Waals surface area contributed by atoms with Crippen LogP contribution in [0.2, 0.25) is 0 Å². The predicted octanol–water partition coefficient (Wildman–Crippen LogP) is 2.54. The standard InChI is InChI=1S/C14H16FN3O/c1-19-12-6-2-4-10(14(12)15)9-5-3-7-18-11(9)8-13(16)17-18/h2,4,6,8-9H,3,5,7H2,1H3,(H2,16,17). The fourth-order valence-electron chi connectivity index (χ4n) is 2.77. The van der Waals surface area contributed by atoms with Crippen LogP contribution < -0.4 is 10.5 Å². The molecule has 1 atom stereocenters. The van der Waals surface area contributed by atoms with Gasteiger partial charge in [0.25, 0.3) is 0 Å². The van der Waals surface area contributed by atoms with Gasteiger partial charge in [-0.25, -0.2) is 4.39 Å². The SMILES string of the molecule is COc1cccc(C2CCCn3nc(N)cc32)c1F. The lowest BCUT2D eigenvalue weighted by Gasteiger charge is -2.24. The third-order valence-corrected chi connectivity index (χ3v) is 3.64. The summed E-state index contributed by atoms with van der Waals surface area (Å²) >= 11 is 0. The van der Waals surface area contributed by atoms with Gasteiger partial charge >= 0.3 is 0 Å². The maximum absolute atomic E-state index is 14.4. The van der Waals surface area contributed by atoms with Crippen molar-refractivity contribution in [3.8, 4) is 5.75 Å². The third-order valence-electron chi connectivity index (χ3n) is 3.64. The molecule has 0 amide bonds. The van der Waals surface area contributed by atoms with Crippen LogP contribution in [0.5, 0.6) is 5.75 Å². The van der Waals surface area contributed by atoms with E-state index < -0.39 is 0 Å². The smallest absolute Gasteiger partial charge is 0.168 e. The first-order valence-electron chi connectivity index (χ1n) is 6.36. The number of hydrogen-bond acceptors (Lipinski definition) is 3. The second-order valence-electron chi connectivity index (χ2n) is 4.78. The van der Waals surface area contributed by atoms with E-state index in [2.05, 4.69) is 5.10 Å². The molecule has 2 N–H and O–H groups in total. The monoisotopic (exact) mass is 261 g/mol. The van der Waals surface area contributed by atoms with E-state index in [1.54, 1.807) is 12.1 Å². The highest BCUT2D eigenvalue weighted by Gasteiger charge is 2.26. The molecule has 0 bridgehead atoms. The highest BCUT2D eigenvalue weighted by atomic mass is 19.1. The summed E-state index contributed by atoms with van der Waals surface area (Å²) in [5.74, 6) is 0.476. The Hall–Kier alpha value is -2.04. The van der Waals surface area contributed by atoms with Gasteiger partial charge in [0, 0.05) is 29.8 Å². The predicted molar refractivity (Wildman–Crippen MR) is 70.7 cm³/mol. The highest BCUT2D eigenvalue weighted by Crippen LogP contribution is 2.37. The molecule has 0 aliphatic carbocycles. The zero-order chi connectivity index (χ0) is 13.4. The van der Waals surface area contributed by atoms with Crippen molar-refractivity contribution in [3.05, 3.63) is 41.3 Å². The first-order valence-corrected chi connectivity index (χ1v) is 6.36. The molecule has 0 spiro atoms. The number of aromatic nitrogens is 2. The minimum atomic E-state index is -0.289. The molecule has 1 aliphatic heterocycles.